The number of hydrogen-bond donors (Lipinski definition) is 3. The van der Waals surface area contributed by atoms with Gasteiger partial charge in [-0.05, 0) is 27.2 Å². The van der Waals surface area contributed by atoms with E-state index < -0.39 is 17.7 Å². The lowest BCUT2D eigenvalue weighted by Gasteiger charge is -2.21. The van der Waals surface area contributed by atoms with Gasteiger partial charge in [0.25, 0.3) is 0 Å². The highest BCUT2D eigenvalue weighted by Gasteiger charge is 2.19. The van der Waals surface area contributed by atoms with E-state index in [-0.39, 0.29) is 18.9 Å². The Kier molecular flexibility index (Phi) is 5.79. The minimum atomic E-state index is -0.757. The van der Waals surface area contributed by atoms with Crippen LogP contribution in [0.5, 0.6) is 0 Å². The van der Waals surface area contributed by atoms with Crippen LogP contribution >= 0.6 is 0 Å². The van der Waals surface area contributed by atoms with E-state index in [0.717, 1.165) is 0 Å². The fourth-order valence-electron chi connectivity index (χ4n) is 1.04. The van der Waals surface area contributed by atoms with Crippen LogP contribution in [0.4, 0.5) is 0 Å². The molecule has 0 bridgehead atoms. The summed E-state index contributed by atoms with van der Waals surface area (Å²) in [4.78, 5) is 11.3. The van der Waals surface area contributed by atoms with Gasteiger partial charge < -0.3 is 21.3 Å². The SMILES string of the molecule is CC(C)(C)OC(=O)CCC(N)C(O)CN. The predicted octanol–water partition coefficient (Wildman–Crippen LogP) is -0.245. The van der Waals surface area contributed by atoms with Gasteiger partial charge in [0, 0.05) is 19.0 Å². The third kappa shape index (κ3) is 7.30. The molecule has 0 saturated heterocycles. The summed E-state index contributed by atoms with van der Waals surface area (Å²) in [5.41, 5.74) is 10.4. The molecule has 2 atom stereocenters. The maximum Gasteiger partial charge on any atom is 0.306 e. The molecule has 0 saturated carbocycles. The monoisotopic (exact) mass is 218 g/mol. The van der Waals surface area contributed by atoms with Crippen molar-refractivity contribution in [2.24, 2.45) is 11.5 Å². The molecule has 0 spiro atoms. The predicted molar refractivity (Wildman–Crippen MR) is 58.1 cm³/mol. The molecule has 2 unspecified atom stereocenters. The van der Waals surface area contributed by atoms with Gasteiger partial charge in [0.05, 0.1) is 6.10 Å². The van der Waals surface area contributed by atoms with E-state index in [0.29, 0.717) is 6.42 Å². The van der Waals surface area contributed by atoms with Crippen LogP contribution in [0.1, 0.15) is 33.6 Å². The van der Waals surface area contributed by atoms with Gasteiger partial charge in [-0.1, -0.05) is 0 Å². The van der Waals surface area contributed by atoms with Crippen LogP contribution in [0.2, 0.25) is 0 Å². The normalized spacial score (nSPS) is 15.9. The third-order valence-electron chi connectivity index (χ3n) is 1.84. The largest absolute Gasteiger partial charge is 0.460 e. The van der Waals surface area contributed by atoms with Gasteiger partial charge in [-0.25, -0.2) is 0 Å². The van der Waals surface area contributed by atoms with E-state index >= 15 is 0 Å². The Morgan fingerprint density at radius 1 is 1.47 bits per heavy atom. The van der Waals surface area contributed by atoms with Gasteiger partial charge in [0.1, 0.15) is 5.60 Å². The molecule has 15 heavy (non-hydrogen) atoms. The number of ether oxygens (including phenoxy) is 1. The first-order chi connectivity index (χ1) is 6.76. The fourth-order valence-corrected chi connectivity index (χ4v) is 1.04. The van der Waals surface area contributed by atoms with Crippen LogP contribution in [0.3, 0.4) is 0 Å². The maximum absolute atomic E-state index is 11.3. The quantitative estimate of drug-likeness (QED) is 0.553. The summed E-state index contributed by atoms with van der Waals surface area (Å²) in [6, 6.07) is -0.470. The Labute approximate surface area is 90.8 Å². The standard InChI is InChI=1S/C10H22N2O3/c1-10(2,3)15-9(14)5-4-7(12)8(13)6-11/h7-8,13H,4-6,11-12H2,1-3H3. The highest BCUT2D eigenvalue weighted by Crippen LogP contribution is 2.10. The molecule has 5 heteroatoms. The topological polar surface area (TPSA) is 98.6 Å². The van der Waals surface area contributed by atoms with Crippen molar-refractivity contribution in [2.75, 3.05) is 6.54 Å². The lowest BCUT2D eigenvalue weighted by atomic mass is 10.1. The van der Waals surface area contributed by atoms with Crippen molar-refractivity contribution >= 4 is 5.97 Å². The van der Waals surface area contributed by atoms with E-state index in [1.54, 1.807) is 20.8 Å². The Balaban J connectivity index is 3.81. The molecule has 0 heterocycles. The van der Waals surface area contributed by atoms with Crippen LogP contribution in [0.25, 0.3) is 0 Å². The first-order valence-electron chi connectivity index (χ1n) is 5.12. The molecule has 0 amide bonds. The molecule has 90 valence electrons. The van der Waals surface area contributed by atoms with E-state index in [9.17, 15) is 9.90 Å². The van der Waals surface area contributed by atoms with Crippen LogP contribution < -0.4 is 11.5 Å². The minimum Gasteiger partial charge on any atom is -0.460 e. The summed E-state index contributed by atoms with van der Waals surface area (Å²) in [6.07, 6.45) is -0.171. The minimum absolute atomic E-state index is 0.107. The smallest absolute Gasteiger partial charge is 0.306 e. The number of esters is 1. The number of carbonyl (C=O) groups excluding carboxylic acids is 1. The number of aliphatic hydroxyl groups is 1. The van der Waals surface area contributed by atoms with Crippen LogP contribution in [-0.4, -0.2) is 35.4 Å². The Bertz CT molecular complexity index is 201. The van der Waals surface area contributed by atoms with Gasteiger partial charge in [-0.3, -0.25) is 4.79 Å². The second-order valence-corrected chi connectivity index (χ2v) is 4.59. The average Bonchev–Trinajstić information content (AvgIpc) is 2.10. The van der Waals surface area contributed by atoms with E-state index in [1.807, 2.05) is 0 Å². The van der Waals surface area contributed by atoms with Crippen molar-refractivity contribution in [1.29, 1.82) is 0 Å². The van der Waals surface area contributed by atoms with Crippen LogP contribution in [0.15, 0.2) is 0 Å². The maximum atomic E-state index is 11.3. The van der Waals surface area contributed by atoms with E-state index in [2.05, 4.69) is 0 Å². The molecule has 0 rings (SSSR count). The Morgan fingerprint density at radius 2 is 2.00 bits per heavy atom. The zero-order chi connectivity index (χ0) is 12.1. The number of hydrogen-bond acceptors (Lipinski definition) is 5. The molecule has 5 nitrogen and oxygen atoms in total. The molecule has 0 fully saturated rings. The van der Waals surface area contributed by atoms with Crippen LogP contribution in [-0.2, 0) is 9.53 Å². The molecule has 0 radical (unpaired) electrons. The molecule has 0 aliphatic carbocycles. The summed E-state index contributed by atoms with van der Waals surface area (Å²) in [6.45, 7) is 5.52. The van der Waals surface area contributed by atoms with Gasteiger partial charge in [-0.2, -0.15) is 0 Å². The second-order valence-electron chi connectivity index (χ2n) is 4.59. The Hall–Kier alpha value is -0.650. The van der Waals surface area contributed by atoms with Gasteiger partial charge >= 0.3 is 5.97 Å². The molecule has 0 aromatic rings. The molecule has 0 aromatic carbocycles. The number of carbonyl (C=O) groups is 1. The second kappa shape index (κ2) is 6.05. The summed E-state index contributed by atoms with van der Waals surface area (Å²) in [5, 5.41) is 9.27. The van der Waals surface area contributed by atoms with Crippen LogP contribution in [0, 0.1) is 0 Å². The van der Waals surface area contributed by atoms with Crippen molar-refractivity contribution in [2.45, 2.75) is 51.4 Å². The first kappa shape index (κ1) is 14.3. The van der Waals surface area contributed by atoms with Crippen molar-refractivity contribution in [3.8, 4) is 0 Å². The van der Waals surface area contributed by atoms with E-state index in [4.69, 9.17) is 16.2 Å². The lowest BCUT2D eigenvalue weighted by Crippen LogP contribution is -2.40. The Morgan fingerprint density at radius 3 is 2.40 bits per heavy atom. The molecule has 5 N–H and O–H groups in total. The highest BCUT2D eigenvalue weighted by atomic mass is 16.6. The molecule has 0 aliphatic heterocycles. The van der Waals surface area contributed by atoms with Crippen molar-refractivity contribution in [3.63, 3.8) is 0 Å². The van der Waals surface area contributed by atoms with Gasteiger partial charge in [0.2, 0.25) is 0 Å². The number of rotatable bonds is 5. The zero-order valence-corrected chi connectivity index (χ0v) is 9.69. The summed E-state index contributed by atoms with van der Waals surface area (Å²) in [5.74, 6) is -0.304. The molecular weight excluding hydrogens is 196 g/mol. The summed E-state index contributed by atoms with van der Waals surface area (Å²) < 4.78 is 5.09. The first-order valence-corrected chi connectivity index (χ1v) is 5.12. The fraction of sp³-hybridized carbons (Fsp3) is 0.900. The molecule has 0 aromatic heterocycles. The van der Waals surface area contributed by atoms with Gasteiger partial charge in [0.15, 0.2) is 0 Å². The average molecular weight is 218 g/mol. The zero-order valence-electron chi connectivity index (χ0n) is 9.69. The van der Waals surface area contributed by atoms with Crippen molar-refractivity contribution in [3.05, 3.63) is 0 Å². The number of aliphatic hydroxyl groups excluding tert-OH is 1. The summed E-state index contributed by atoms with van der Waals surface area (Å²) >= 11 is 0. The summed E-state index contributed by atoms with van der Waals surface area (Å²) in [7, 11) is 0. The third-order valence-corrected chi connectivity index (χ3v) is 1.84. The number of nitrogens with two attached hydrogens (primary N) is 2. The molecule has 0 aliphatic rings. The van der Waals surface area contributed by atoms with Crippen molar-refractivity contribution < 1.29 is 14.6 Å². The highest BCUT2D eigenvalue weighted by molar-refractivity contribution is 5.69. The van der Waals surface area contributed by atoms with Gasteiger partial charge in [-0.15, -0.1) is 0 Å². The lowest BCUT2D eigenvalue weighted by molar-refractivity contribution is -0.155. The van der Waals surface area contributed by atoms with E-state index in [1.165, 1.54) is 0 Å². The van der Waals surface area contributed by atoms with Crippen molar-refractivity contribution in [1.82, 2.24) is 0 Å². The molecular formula is C10H22N2O3.